The fourth-order valence-corrected chi connectivity index (χ4v) is 2.90. The van der Waals surface area contributed by atoms with Crippen LogP contribution in [0.2, 0.25) is 0 Å². The van der Waals surface area contributed by atoms with E-state index in [9.17, 15) is 4.79 Å². The molecule has 0 radical (unpaired) electrons. The summed E-state index contributed by atoms with van der Waals surface area (Å²) in [6.07, 6.45) is 2.22. The average molecular weight is 285 g/mol. The fraction of sp³-hybridized carbons (Fsp3) is 0.500. The Labute approximate surface area is 127 Å². The lowest BCUT2D eigenvalue weighted by Gasteiger charge is -2.38. The van der Waals surface area contributed by atoms with Crippen molar-refractivity contribution in [2.24, 2.45) is 5.41 Å². The number of benzene rings is 1. The van der Waals surface area contributed by atoms with Crippen LogP contribution >= 0.6 is 0 Å². The van der Waals surface area contributed by atoms with Crippen molar-refractivity contribution in [3.8, 4) is 11.8 Å². The van der Waals surface area contributed by atoms with Crippen LogP contribution in [-0.4, -0.2) is 35.6 Å². The van der Waals surface area contributed by atoms with Crippen molar-refractivity contribution in [2.45, 2.75) is 33.6 Å². The van der Waals surface area contributed by atoms with E-state index in [0.29, 0.717) is 5.56 Å². The number of likely N-dealkylation sites (tertiary alicyclic amines) is 1. The van der Waals surface area contributed by atoms with Gasteiger partial charge < -0.3 is 10.0 Å². The third kappa shape index (κ3) is 4.09. The molecule has 3 heteroatoms. The van der Waals surface area contributed by atoms with E-state index < -0.39 is 0 Å². The highest BCUT2D eigenvalue weighted by Crippen LogP contribution is 2.29. The summed E-state index contributed by atoms with van der Waals surface area (Å²) in [6.45, 7) is 7.84. The summed E-state index contributed by atoms with van der Waals surface area (Å²) in [6, 6.07) is 5.66. The molecule has 0 atom stereocenters. The monoisotopic (exact) mass is 285 g/mol. The maximum atomic E-state index is 12.7. The Balaban J connectivity index is 2.24. The number of nitrogens with zero attached hydrogens (tertiary/aromatic N) is 1. The van der Waals surface area contributed by atoms with Gasteiger partial charge in [-0.15, -0.1) is 0 Å². The summed E-state index contributed by atoms with van der Waals surface area (Å²) < 4.78 is 0. The van der Waals surface area contributed by atoms with Gasteiger partial charge in [-0.05, 0) is 48.9 Å². The van der Waals surface area contributed by atoms with Crippen LogP contribution in [-0.2, 0) is 0 Å². The molecule has 1 N–H and O–H groups in total. The first-order valence-electron chi connectivity index (χ1n) is 7.42. The summed E-state index contributed by atoms with van der Waals surface area (Å²) in [5.74, 6) is 5.59. The largest absolute Gasteiger partial charge is 0.384 e. The van der Waals surface area contributed by atoms with Gasteiger partial charge in [0.05, 0.1) is 0 Å². The molecule has 0 spiro atoms. The number of hydrogen-bond acceptors (Lipinski definition) is 2. The molecule has 0 aromatic heterocycles. The van der Waals surface area contributed by atoms with Crippen LogP contribution in [0.4, 0.5) is 0 Å². The number of carbonyl (C=O) groups is 1. The van der Waals surface area contributed by atoms with Crippen LogP contribution in [0, 0.1) is 24.2 Å². The van der Waals surface area contributed by atoms with Gasteiger partial charge >= 0.3 is 0 Å². The van der Waals surface area contributed by atoms with Gasteiger partial charge in [0.25, 0.3) is 5.91 Å². The van der Waals surface area contributed by atoms with Crippen LogP contribution in [0.15, 0.2) is 18.2 Å². The van der Waals surface area contributed by atoms with Crippen LogP contribution in [0.5, 0.6) is 0 Å². The van der Waals surface area contributed by atoms with Crippen LogP contribution in [0.3, 0.4) is 0 Å². The van der Waals surface area contributed by atoms with Crippen LogP contribution < -0.4 is 0 Å². The SMILES string of the molecule is Cc1cc(C#CCO)cc(C(=O)N2CCCC(C)(C)C2)c1. The summed E-state index contributed by atoms with van der Waals surface area (Å²) in [7, 11) is 0. The summed E-state index contributed by atoms with van der Waals surface area (Å²) in [5.41, 5.74) is 2.68. The lowest BCUT2D eigenvalue weighted by molar-refractivity contribution is 0.0583. The van der Waals surface area contributed by atoms with Gasteiger partial charge in [-0.25, -0.2) is 0 Å². The average Bonchev–Trinajstić information content (AvgIpc) is 2.42. The molecule has 3 nitrogen and oxygen atoms in total. The molecule has 2 rings (SSSR count). The molecule has 1 aromatic rings. The van der Waals surface area contributed by atoms with Gasteiger partial charge in [0.2, 0.25) is 0 Å². The van der Waals surface area contributed by atoms with Crippen molar-refractivity contribution in [1.29, 1.82) is 0 Å². The molecule has 0 aliphatic carbocycles. The molecule has 0 saturated carbocycles. The number of aryl methyl sites for hydroxylation is 1. The number of rotatable bonds is 1. The minimum Gasteiger partial charge on any atom is -0.384 e. The molecule has 1 aliphatic rings. The zero-order chi connectivity index (χ0) is 15.5. The molecule has 1 aliphatic heterocycles. The number of piperidine rings is 1. The fourth-order valence-electron chi connectivity index (χ4n) is 2.90. The molecule has 1 aromatic carbocycles. The van der Waals surface area contributed by atoms with Crippen molar-refractivity contribution < 1.29 is 9.90 Å². The molecular weight excluding hydrogens is 262 g/mol. The van der Waals surface area contributed by atoms with Crippen molar-refractivity contribution in [1.82, 2.24) is 4.90 Å². The van der Waals surface area contributed by atoms with Gasteiger partial charge in [0.15, 0.2) is 0 Å². The molecule has 0 unspecified atom stereocenters. The highest BCUT2D eigenvalue weighted by molar-refractivity contribution is 5.95. The van der Waals surface area contributed by atoms with Crippen molar-refractivity contribution in [2.75, 3.05) is 19.7 Å². The van der Waals surface area contributed by atoms with Crippen molar-refractivity contribution in [3.05, 3.63) is 34.9 Å². The molecule has 1 amide bonds. The highest BCUT2D eigenvalue weighted by atomic mass is 16.2. The first-order chi connectivity index (χ1) is 9.91. The van der Waals surface area contributed by atoms with Gasteiger partial charge in [-0.2, -0.15) is 0 Å². The predicted octanol–water partition coefficient (Wildman–Crippen LogP) is 2.60. The van der Waals surface area contributed by atoms with E-state index >= 15 is 0 Å². The van der Waals surface area contributed by atoms with Gasteiger partial charge in [-0.3, -0.25) is 4.79 Å². The van der Waals surface area contributed by atoms with Crippen LogP contribution in [0.1, 0.15) is 48.2 Å². The molecule has 1 heterocycles. The smallest absolute Gasteiger partial charge is 0.253 e. The van der Waals surface area contributed by atoms with E-state index in [1.54, 1.807) is 0 Å². The number of amides is 1. The number of aliphatic hydroxyl groups is 1. The van der Waals surface area contributed by atoms with Gasteiger partial charge in [0, 0.05) is 24.2 Å². The Morgan fingerprint density at radius 2 is 2.14 bits per heavy atom. The topological polar surface area (TPSA) is 40.5 Å². The van der Waals surface area contributed by atoms with Gasteiger partial charge in [-0.1, -0.05) is 25.7 Å². The number of hydrogen-bond donors (Lipinski definition) is 1. The molecular formula is C18H23NO2. The molecule has 0 bridgehead atoms. The number of aliphatic hydroxyl groups excluding tert-OH is 1. The quantitative estimate of drug-likeness (QED) is 0.806. The van der Waals surface area contributed by atoms with E-state index in [4.69, 9.17) is 5.11 Å². The van der Waals surface area contributed by atoms with E-state index in [-0.39, 0.29) is 17.9 Å². The summed E-state index contributed by atoms with van der Waals surface area (Å²) in [4.78, 5) is 14.6. The van der Waals surface area contributed by atoms with E-state index in [1.807, 2.05) is 30.0 Å². The molecule has 1 saturated heterocycles. The summed E-state index contributed by atoms with van der Waals surface area (Å²) >= 11 is 0. The third-order valence-corrected chi connectivity index (χ3v) is 3.82. The lowest BCUT2D eigenvalue weighted by atomic mass is 9.84. The predicted molar refractivity (Wildman–Crippen MR) is 84.1 cm³/mol. The minimum atomic E-state index is -0.169. The normalized spacial score (nSPS) is 17.0. The molecule has 112 valence electrons. The Hall–Kier alpha value is -1.79. The molecule has 21 heavy (non-hydrogen) atoms. The van der Waals surface area contributed by atoms with E-state index in [1.165, 1.54) is 0 Å². The van der Waals surface area contributed by atoms with E-state index in [2.05, 4.69) is 25.7 Å². The third-order valence-electron chi connectivity index (χ3n) is 3.82. The minimum absolute atomic E-state index is 0.0820. The maximum absolute atomic E-state index is 12.7. The summed E-state index contributed by atoms with van der Waals surface area (Å²) in [5, 5.41) is 8.79. The second-order valence-electron chi connectivity index (χ2n) is 6.54. The van der Waals surface area contributed by atoms with Gasteiger partial charge in [0.1, 0.15) is 6.61 Å². The Morgan fingerprint density at radius 3 is 2.81 bits per heavy atom. The Bertz CT molecular complexity index is 593. The maximum Gasteiger partial charge on any atom is 0.253 e. The lowest BCUT2D eigenvalue weighted by Crippen LogP contribution is -2.43. The second kappa shape index (κ2) is 6.32. The first-order valence-corrected chi connectivity index (χ1v) is 7.42. The first kappa shape index (κ1) is 15.6. The Kier molecular flexibility index (Phi) is 4.69. The standard InChI is InChI=1S/C18H23NO2/c1-14-10-15(6-4-9-20)12-16(11-14)17(21)19-8-5-7-18(2,3)13-19/h10-12,20H,5,7-9,13H2,1-3H3. The zero-order valence-corrected chi connectivity index (χ0v) is 13.1. The van der Waals surface area contributed by atoms with Crippen molar-refractivity contribution >= 4 is 5.91 Å². The number of carbonyl (C=O) groups excluding carboxylic acids is 1. The van der Waals surface area contributed by atoms with E-state index in [0.717, 1.165) is 37.1 Å². The highest BCUT2D eigenvalue weighted by Gasteiger charge is 2.29. The van der Waals surface area contributed by atoms with Crippen molar-refractivity contribution in [3.63, 3.8) is 0 Å². The Morgan fingerprint density at radius 1 is 1.38 bits per heavy atom. The zero-order valence-electron chi connectivity index (χ0n) is 13.1. The second-order valence-corrected chi connectivity index (χ2v) is 6.54. The molecule has 1 fully saturated rings. The van der Waals surface area contributed by atoms with Crippen LogP contribution in [0.25, 0.3) is 0 Å².